The molecule has 6 heteroatoms. The molecular formula is C13H22N6. The maximum atomic E-state index is 4.29. The Morgan fingerprint density at radius 1 is 1.32 bits per heavy atom. The van der Waals surface area contributed by atoms with Gasteiger partial charge < -0.3 is 9.88 Å². The van der Waals surface area contributed by atoms with E-state index >= 15 is 0 Å². The molecule has 0 saturated carbocycles. The third-order valence-electron chi connectivity index (χ3n) is 2.98. The van der Waals surface area contributed by atoms with Gasteiger partial charge in [-0.15, -0.1) is 5.10 Å². The molecule has 2 rings (SSSR count). The summed E-state index contributed by atoms with van der Waals surface area (Å²) < 4.78 is 3.93. The zero-order chi connectivity index (χ0) is 13.9. The summed E-state index contributed by atoms with van der Waals surface area (Å²) in [7, 11) is 2.01. The zero-order valence-electron chi connectivity index (χ0n) is 12.1. The molecule has 0 aliphatic carbocycles. The molecule has 0 unspecified atom stereocenters. The second-order valence-electron chi connectivity index (χ2n) is 5.71. The largest absolute Gasteiger partial charge is 0.338 e. The second kappa shape index (κ2) is 5.52. The summed E-state index contributed by atoms with van der Waals surface area (Å²) in [6.45, 7) is 7.95. The fraction of sp³-hybridized carbons (Fsp3) is 0.615. The van der Waals surface area contributed by atoms with Gasteiger partial charge in [0.15, 0.2) is 0 Å². The molecule has 2 aromatic heterocycles. The minimum absolute atomic E-state index is 0.0157. The van der Waals surface area contributed by atoms with Crippen molar-refractivity contribution in [3.63, 3.8) is 0 Å². The predicted molar refractivity (Wildman–Crippen MR) is 73.6 cm³/mol. The number of rotatable bonds is 5. The van der Waals surface area contributed by atoms with Gasteiger partial charge in [-0.25, -0.2) is 9.67 Å². The van der Waals surface area contributed by atoms with Crippen molar-refractivity contribution in [2.75, 3.05) is 6.54 Å². The Bertz CT molecular complexity index is 519. The van der Waals surface area contributed by atoms with Crippen molar-refractivity contribution in [2.45, 2.75) is 39.3 Å². The van der Waals surface area contributed by atoms with Gasteiger partial charge in [-0.2, -0.15) is 0 Å². The van der Waals surface area contributed by atoms with E-state index in [0.29, 0.717) is 0 Å². The lowest BCUT2D eigenvalue weighted by atomic mass is 10.1. The maximum Gasteiger partial charge on any atom is 0.109 e. The van der Waals surface area contributed by atoms with Gasteiger partial charge in [-0.3, -0.25) is 0 Å². The summed E-state index contributed by atoms with van der Waals surface area (Å²) in [5, 5.41) is 11.7. The van der Waals surface area contributed by atoms with Crippen molar-refractivity contribution in [3.8, 4) is 0 Å². The Hall–Kier alpha value is -1.69. The van der Waals surface area contributed by atoms with Crippen molar-refractivity contribution in [1.82, 2.24) is 29.9 Å². The van der Waals surface area contributed by atoms with Crippen LogP contribution < -0.4 is 5.32 Å². The molecule has 0 aliphatic heterocycles. The molecule has 0 atom stereocenters. The Morgan fingerprint density at radius 2 is 2.11 bits per heavy atom. The fourth-order valence-corrected chi connectivity index (χ4v) is 1.76. The summed E-state index contributed by atoms with van der Waals surface area (Å²) in [6.07, 6.45) is 6.69. The Kier molecular flexibility index (Phi) is 3.99. The lowest BCUT2D eigenvalue weighted by Gasteiger charge is -2.17. The van der Waals surface area contributed by atoms with Crippen molar-refractivity contribution < 1.29 is 0 Å². The standard InChI is InChI=1S/C13H22N6/c1-13(2,3)19-10-11(16-17-19)9-14-6-5-12-15-7-8-18(12)4/h7-8,10,14H,5-6,9H2,1-4H3. The highest BCUT2D eigenvalue weighted by Crippen LogP contribution is 2.11. The van der Waals surface area contributed by atoms with Gasteiger partial charge in [0.2, 0.25) is 0 Å². The van der Waals surface area contributed by atoms with Crippen molar-refractivity contribution >= 4 is 0 Å². The molecule has 2 heterocycles. The number of nitrogens with zero attached hydrogens (tertiary/aromatic N) is 5. The van der Waals surface area contributed by atoms with Crippen LogP contribution in [0.2, 0.25) is 0 Å². The minimum atomic E-state index is -0.0157. The average molecular weight is 262 g/mol. The monoisotopic (exact) mass is 262 g/mol. The Morgan fingerprint density at radius 3 is 2.68 bits per heavy atom. The normalized spacial score (nSPS) is 12.0. The number of imidazole rings is 1. The summed E-state index contributed by atoms with van der Waals surface area (Å²) in [4.78, 5) is 4.29. The SMILES string of the molecule is Cn1ccnc1CCNCc1cn(C(C)(C)C)nn1. The van der Waals surface area contributed by atoms with Crippen LogP contribution in [0, 0.1) is 0 Å². The van der Waals surface area contributed by atoms with Crippen molar-refractivity contribution in [2.24, 2.45) is 7.05 Å². The molecule has 6 nitrogen and oxygen atoms in total. The molecule has 104 valence electrons. The van der Waals surface area contributed by atoms with Gasteiger partial charge in [0.1, 0.15) is 5.82 Å². The van der Waals surface area contributed by atoms with Crippen LogP contribution in [0.3, 0.4) is 0 Å². The molecule has 0 fully saturated rings. The van der Waals surface area contributed by atoms with Gasteiger partial charge in [0, 0.05) is 39.0 Å². The first-order valence-electron chi connectivity index (χ1n) is 6.55. The maximum absolute atomic E-state index is 4.29. The van der Waals surface area contributed by atoms with Crippen LogP contribution >= 0.6 is 0 Å². The smallest absolute Gasteiger partial charge is 0.109 e. The van der Waals surface area contributed by atoms with E-state index in [-0.39, 0.29) is 5.54 Å². The van der Waals surface area contributed by atoms with E-state index in [4.69, 9.17) is 0 Å². The number of nitrogens with one attached hydrogen (secondary N) is 1. The molecule has 19 heavy (non-hydrogen) atoms. The average Bonchev–Trinajstić information content (AvgIpc) is 2.93. The minimum Gasteiger partial charge on any atom is -0.338 e. The number of hydrogen-bond acceptors (Lipinski definition) is 4. The highest BCUT2D eigenvalue weighted by Gasteiger charge is 2.14. The molecule has 0 amide bonds. The summed E-state index contributed by atoms with van der Waals surface area (Å²) in [5.74, 6) is 1.09. The topological polar surface area (TPSA) is 60.6 Å². The molecule has 0 aliphatic rings. The van der Waals surface area contributed by atoms with E-state index < -0.39 is 0 Å². The summed E-state index contributed by atoms with van der Waals surface area (Å²) in [5.41, 5.74) is 0.952. The van der Waals surface area contributed by atoms with Gasteiger partial charge in [0.25, 0.3) is 0 Å². The van der Waals surface area contributed by atoms with Gasteiger partial charge in [0.05, 0.1) is 17.4 Å². The molecule has 0 radical (unpaired) electrons. The molecule has 0 saturated heterocycles. The van der Waals surface area contributed by atoms with Crippen LogP contribution in [0.15, 0.2) is 18.6 Å². The van der Waals surface area contributed by atoms with Crippen LogP contribution in [0.1, 0.15) is 32.3 Å². The van der Waals surface area contributed by atoms with E-state index in [1.54, 1.807) is 0 Å². The number of aromatic nitrogens is 5. The first-order valence-corrected chi connectivity index (χ1v) is 6.55. The van der Waals surface area contributed by atoms with Gasteiger partial charge >= 0.3 is 0 Å². The molecular weight excluding hydrogens is 240 g/mol. The first-order chi connectivity index (χ1) is 8.97. The molecule has 1 N–H and O–H groups in total. The third-order valence-corrected chi connectivity index (χ3v) is 2.98. The van der Waals surface area contributed by atoms with Crippen LogP contribution in [0.5, 0.6) is 0 Å². The Labute approximate surface area is 113 Å². The molecule has 0 spiro atoms. The molecule has 2 aromatic rings. The van der Waals surface area contributed by atoms with E-state index in [0.717, 1.165) is 31.0 Å². The van der Waals surface area contributed by atoms with E-state index in [2.05, 4.69) is 41.4 Å². The Balaban J connectivity index is 1.77. The molecule has 0 aromatic carbocycles. The van der Waals surface area contributed by atoms with Gasteiger partial charge in [-0.05, 0) is 20.8 Å². The summed E-state index contributed by atoms with van der Waals surface area (Å²) in [6, 6.07) is 0. The van der Waals surface area contributed by atoms with Crippen molar-refractivity contribution in [3.05, 3.63) is 30.1 Å². The van der Waals surface area contributed by atoms with E-state index in [9.17, 15) is 0 Å². The lowest BCUT2D eigenvalue weighted by Crippen LogP contribution is -2.22. The third kappa shape index (κ3) is 3.64. The second-order valence-corrected chi connectivity index (χ2v) is 5.71. The summed E-state index contributed by atoms with van der Waals surface area (Å²) >= 11 is 0. The fourth-order valence-electron chi connectivity index (χ4n) is 1.76. The van der Waals surface area contributed by atoms with Crippen LogP contribution in [-0.4, -0.2) is 31.1 Å². The zero-order valence-corrected chi connectivity index (χ0v) is 12.1. The van der Waals surface area contributed by atoms with E-state index in [1.807, 2.05) is 34.9 Å². The lowest BCUT2D eigenvalue weighted by molar-refractivity contribution is 0.347. The number of aryl methyl sites for hydroxylation is 1. The van der Waals surface area contributed by atoms with Crippen molar-refractivity contribution in [1.29, 1.82) is 0 Å². The predicted octanol–water partition coefficient (Wildman–Crippen LogP) is 1.10. The van der Waals surface area contributed by atoms with Crippen LogP contribution in [0.4, 0.5) is 0 Å². The van der Waals surface area contributed by atoms with Crippen LogP contribution in [0.25, 0.3) is 0 Å². The first kappa shape index (κ1) is 13.7. The van der Waals surface area contributed by atoms with E-state index in [1.165, 1.54) is 0 Å². The highest BCUT2D eigenvalue weighted by molar-refractivity contribution is 4.95. The number of hydrogen-bond donors (Lipinski definition) is 1. The quantitative estimate of drug-likeness (QED) is 0.820. The highest BCUT2D eigenvalue weighted by atomic mass is 15.4. The van der Waals surface area contributed by atoms with Gasteiger partial charge in [-0.1, -0.05) is 5.21 Å². The molecule has 0 bridgehead atoms. The van der Waals surface area contributed by atoms with Crippen LogP contribution in [-0.2, 0) is 25.6 Å².